The summed E-state index contributed by atoms with van der Waals surface area (Å²) in [6, 6.07) is 6.87. The highest BCUT2D eigenvalue weighted by molar-refractivity contribution is 7.91. The highest BCUT2D eigenvalue weighted by Gasteiger charge is 2.25. The van der Waals surface area contributed by atoms with Gasteiger partial charge in [0.2, 0.25) is 0 Å². The molecule has 6 heteroatoms. The first-order valence-electron chi connectivity index (χ1n) is 6.96. The monoisotopic (exact) mass is 316 g/mol. The number of halogens is 1. The van der Waals surface area contributed by atoms with E-state index in [1.807, 2.05) is 0 Å². The summed E-state index contributed by atoms with van der Waals surface area (Å²) < 4.78 is 24.6. The molecule has 1 aliphatic heterocycles. The van der Waals surface area contributed by atoms with Gasteiger partial charge in [-0.05, 0) is 37.2 Å². The van der Waals surface area contributed by atoms with Crippen molar-refractivity contribution in [2.24, 2.45) is 0 Å². The molecule has 2 rings (SSSR count). The molecule has 0 spiro atoms. The minimum atomic E-state index is -3.23. The molecule has 4 nitrogen and oxygen atoms in total. The summed E-state index contributed by atoms with van der Waals surface area (Å²) >= 11 is 5.79. The first-order chi connectivity index (χ1) is 9.53. The van der Waals surface area contributed by atoms with Crippen molar-refractivity contribution in [3.63, 3.8) is 0 Å². The standard InChI is InChI=1S/C14H21ClN2O2S/c1-2-7-17(13-10-16-11-13)8-9-20(18,19)14-5-3-12(15)4-6-14/h3-6,13,16H,2,7-11H2,1H3. The molecule has 1 heterocycles. The fraction of sp³-hybridized carbons (Fsp3) is 0.571. The highest BCUT2D eigenvalue weighted by Crippen LogP contribution is 2.16. The zero-order valence-electron chi connectivity index (χ0n) is 11.7. The maximum Gasteiger partial charge on any atom is 0.179 e. The average molecular weight is 317 g/mol. The number of sulfone groups is 1. The predicted octanol–water partition coefficient (Wildman–Crippen LogP) is 1.80. The first-order valence-corrected chi connectivity index (χ1v) is 8.99. The Kier molecular flexibility index (Phi) is 5.43. The molecule has 0 atom stereocenters. The second kappa shape index (κ2) is 6.89. The molecule has 1 N–H and O–H groups in total. The van der Waals surface area contributed by atoms with Gasteiger partial charge in [0.1, 0.15) is 0 Å². The maximum atomic E-state index is 12.3. The molecular formula is C14H21ClN2O2S. The smallest absolute Gasteiger partial charge is 0.179 e. The van der Waals surface area contributed by atoms with E-state index in [4.69, 9.17) is 11.6 Å². The van der Waals surface area contributed by atoms with E-state index in [0.29, 0.717) is 22.5 Å². The number of nitrogens with zero attached hydrogens (tertiary/aromatic N) is 1. The molecule has 1 fully saturated rings. The van der Waals surface area contributed by atoms with Crippen molar-refractivity contribution in [2.75, 3.05) is 31.9 Å². The summed E-state index contributed by atoms with van der Waals surface area (Å²) in [4.78, 5) is 2.62. The van der Waals surface area contributed by atoms with Gasteiger partial charge in [-0.15, -0.1) is 0 Å². The van der Waals surface area contributed by atoms with E-state index >= 15 is 0 Å². The van der Waals surface area contributed by atoms with E-state index in [1.54, 1.807) is 24.3 Å². The van der Waals surface area contributed by atoms with Crippen LogP contribution in [0.15, 0.2) is 29.2 Å². The second-order valence-electron chi connectivity index (χ2n) is 5.12. The molecule has 1 saturated heterocycles. The van der Waals surface area contributed by atoms with Gasteiger partial charge < -0.3 is 5.32 Å². The van der Waals surface area contributed by atoms with Crippen molar-refractivity contribution in [3.05, 3.63) is 29.3 Å². The van der Waals surface area contributed by atoms with Gasteiger partial charge in [0.15, 0.2) is 9.84 Å². The molecule has 112 valence electrons. The van der Waals surface area contributed by atoms with Gasteiger partial charge in [0.05, 0.1) is 10.6 Å². The van der Waals surface area contributed by atoms with Gasteiger partial charge in [-0.1, -0.05) is 18.5 Å². The quantitative estimate of drug-likeness (QED) is 0.833. The largest absolute Gasteiger partial charge is 0.314 e. The Bertz CT molecular complexity index is 527. The fourth-order valence-electron chi connectivity index (χ4n) is 2.29. The molecule has 20 heavy (non-hydrogen) atoms. The summed E-state index contributed by atoms with van der Waals surface area (Å²) in [6.07, 6.45) is 1.04. The molecule has 0 bridgehead atoms. The molecule has 0 aliphatic carbocycles. The molecule has 1 aromatic rings. The lowest BCUT2D eigenvalue weighted by atomic mass is 10.1. The molecule has 0 unspecified atom stereocenters. The zero-order chi connectivity index (χ0) is 14.6. The molecule has 0 amide bonds. The molecule has 0 aromatic heterocycles. The van der Waals surface area contributed by atoms with Crippen LogP contribution in [0.1, 0.15) is 13.3 Å². The van der Waals surface area contributed by atoms with Gasteiger partial charge in [-0.2, -0.15) is 0 Å². The van der Waals surface area contributed by atoms with Crippen molar-refractivity contribution in [3.8, 4) is 0 Å². The lowest BCUT2D eigenvalue weighted by Crippen LogP contribution is -2.58. The van der Waals surface area contributed by atoms with Crippen LogP contribution >= 0.6 is 11.6 Å². The van der Waals surface area contributed by atoms with Crippen LogP contribution in [0.5, 0.6) is 0 Å². The average Bonchev–Trinajstić information content (AvgIpc) is 2.35. The van der Waals surface area contributed by atoms with Gasteiger partial charge in [-0.3, -0.25) is 4.90 Å². The van der Waals surface area contributed by atoms with Crippen LogP contribution in [0.2, 0.25) is 5.02 Å². The summed E-state index contributed by atoms with van der Waals surface area (Å²) in [5, 5.41) is 3.78. The minimum Gasteiger partial charge on any atom is -0.314 e. The third kappa shape index (κ3) is 3.95. The third-order valence-electron chi connectivity index (χ3n) is 3.61. The van der Waals surface area contributed by atoms with E-state index in [-0.39, 0.29) is 5.75 Å². The topological polar surface area (TPSA) is 49.4 Å². The van der Waals surface area contributed by atoms with Crippen LogP contribution in [0.4, 0.5) is 0 Å². The van der Waals surface area contributed by atoms with Gasteiger partial charge in [-0.25, -0.2) is 8.42 Å². The number of benzene rings is 1. The van der Waals surface area contributed by atoms with E-state index in [1.165, 1.54) is 0 Å². The SMILES string of the molecule is CCCN(CCS(=O)(=O)c1ccc(Cl)cc1)C1CNC1. The van der Waals surface area contributed by atoms with Crippen LogP contribution in [-0.4, -0.2) is 51.3 Å². The zero-order valence-corrected chi connectivity index (χ0v) is 13.3. The normalized spacial score (nSPS) is 16.4. The third-order valence-corrected chi connectivity index (χ3v) is 5.57. The van der Waals surface area contributed by atoms with Crippen LogP contribution in [0, 0.1) is 0 Å². The molecule has 1 aliphatic rings. The number of nitrogens with one attached hydrogen (secondary N) is 1. The number of rotatable bonds is 7. The van der Waals surface area contributed by atoms with Gasteiger partial charge in [0, 0.05) is 30.7 Å². The molecule has 1 aromatic carbocycles. The van der Waals surface area contributed by atoms with E-state index in [9.17, 15) is 8.42 Å². The van der Waals surface area contributed by atoms with Crippen molar-refractivity contribution < 1.29 is 8.42 Å². The first kappa shape index (κ1) is 15.8. The number of hydrogen-bond acceptors (Lipinski definition) is 4. The Labute approximate surface area is 126 Å². The van der Waals surface area contributed by atoms with Gasteiger partial charge >= 0.3 is 0 Å². The van der Waals surface area contributed by atoms with Crippen molar-refractivity contribution in [1.82, 2.24) is 10.2 Å². The second-order valence-corrected chi connectivity index (χ2v) is 7.67. The molecular weight excluding hydrogens is 296 g/mol. The van der Waals surface area contributed by atoms with Crippen molar-refractivity contribution in [2.45, 2.75) is 24.3 Å². The molecule has 0 radical (unpaired) electrons. The van der Waals surface area contributed by atoms with Gasteiger partial charge in [0.25, 0.3) is 0 Å². The number of hydrogen-bond donors (Lipinski definition) is 1. The van der Waals surface area contributed by atoms with E-state index < -0.39 is 9.84 Å². The molecule has 0 saturated carbocycles. The van der Waals surface area contributed by atoms with Crippen LogP contribution in [-0.2, 0) is 9.84 Å². The fourth-order valence-corrected chi connectivity index (χ4v) is 3.68. The minimum absolute atomic E-state index is 0.158. The predicted molar refractivity (Wildman–Crippen MR) is 82.0 cm³/mol. The van der Waals surface area contributed by atoms with Crippen LogP contribution in [0.25, 0.3) is 0 Å². The van der Waals surface area contributed by atoms with E-state index in [0.717, 1.165) is 26.1 Å². The summed E-state index contributed by atoms with van der Waals surface area (Å²) in [5.41, 5.74) is 0. The Morgan fingerprint density at radius 3 is 2.40 bits per heavy atom. The maximum absolute atomic E-state index is 12.3. The lowest BCUT2D eigenvalue weighted by molar-refractivity contribution is 0.154. The van der Waals surface area contributed by atoms with Crippen molar-refractivity contribution >= 4 is 21.4 Å². The summed E-state index contributed by atoms with van der Waals surface area (Å²) in [6.45, 7) is 5.57. The van der Waals surface area contributed by atoms with Crippen molar-refractivity contribution in [1.29, 1.82) is 0 Å². The Morgan fingerprint density at radius 2 is 1.90 bits per heavy atom. The van der Waals surface area contributed by atoms with Crippen LogP contribution in [0.3, 0.4) is 0 Å². The lowest BCUT2D eigenvalue weighted by Gasteiger charge is -2.38. The summed E-state index contributed by atoms with van der Waals surface area (Å²) in [5.74, 6) is 0.158. The van der Waals surface area contributed by atoms with Crippen LogP contribution < -0.4 is 5.32 Å². The Hall–Kier alpha value is -0.620. The summed E-state index contributed by atoms with van der Waals surface area (Å²) in [7, 11) is -3.23. The Morgan fingerprint density at radius 1 is 1.25 bits per heavy atom. The highest BCUT2D eigenvalue weighted by atomic mass is 35.5. The van der Waals surface area contributed by atoms with E-state index in [2.05, 4.69) is 17.1 Å². The Balaban J connectivity index is 1.98.